The lowest BCUT2D eigenvalue weighted by atomic mass is 9.75. The molecule has 0 fully saturated rings. The Labute approximate surface area is 565 Å². The lowest BCUT2D eigenvalue weighted by Gasteiger charge is -2.32. The van der Waals surface area contributed by atoms with E-state index in [0.717, 1.165) is 12.1 Å². The number of benzene rings is 12. The van der Waals surface area contributed by atoms with Crippen LogP contribution in [0.5, 0.6) is 0 Å². The predicted molar refractivity (Wildman–Crippen MR) is 406 cm³/mol. The third kappa shape index (κ3) is 9.31. The van der Waals surface area contributed by atoms with E-state index in [1.807, 2.05) is 0 Å². The maximum absolute atomic E-state index is 2.57. The largest absolute Gasteiger partial charge is 0.310 e. The molecular weight excluding hydrogens is 1150 g/mol. The number of anilines is 6. The molecule has 472 valence electrons. The Kier molecular flexibility index (Phi) is 13.2. The normalized spacial score (nSPS) is 15.6. The highest BCUT2D eigenvalue weighted by Crippen LogP contribution is 2.58. The van der Waals surface area contributed by atoms with Gasteiger partial charge in [-0.2, -0.15) is 0 Å². The first-order valence-corrected chi connectivity index (χ1v) is 34.8. The first-order chi connectivity index (χ1) is 45.0. The summed E-state index contributed by atoms with van der Waals surface area (Å²) >= 11 is 0. The summed E-state index contributed by atoms with van der Waals surface area (Å²) in [6.07, 6.45) is 0.912. The van der Waals surface area contributed by atoms with Gasteiger partial charge in [-0.3, -0.25) is 0 Å². The van der Waals surface area contributed by atoms with Crippen LogP contribution in [-0.4, -0.2) is 0 Å². The van der Waals surface area contributed by atoms with Crippen LogP contribution < -0.4 is 9.80 Å². The van der Waals surface area contributed by atoms with Gasteiger partial charge in [-0.1, -0.05) is 274 Å². The van der Waals surface area contributed by atoms with Crippen molar-refractivity contribution in [3.05, 3.63) is 297 Å². The minimum Gasteiger partial charge on any atom is -0.310 e. The zero-order chi connectivity index (χ0) is 66.4. The van der Waals surface area contributed by atoms with Crippen molar-refractivity contribution in [1.29, 1.82) is 0 Å². The monoisotopic (exact) mass is 1230 g/mol. The van der Waals surface area contributed by atoms with E-state index in [9.17, 15) is 0 Å². The van der Waals surface area contributed by atoms with Gasteiger partial charge >= 0.3 is 0 Å². The Morgan fingerprint density at radius 3 is 1.28 bits per heavy atom. The smallest absolute Gasteiger partial charge is 0.0543 e. The minimum absolute atomic E-state index is 0.0671. The van der Waals surface area contributed by atoms with Crippen LogP contribution in [0.4, 0.5) is 34.1 Å². The summed E-state index contributed by atoms with van der Waals surface area (Å²) in [4.78, 5) is 5.08. The van der Waals surface area contributed by atoms with Gasteiger partial charge < -0.3 is 9.80 Å². The number of rotatable bonds is 9. The van der Waals surface area contributed by atoms with Crippen molar-refractivity contribution in [2.45, 2.75) is 162 Å². The molecule has 12 aromatic rings. The molecule has 0 aliphatic heterocycles. The molecule has 0 aromatic heterocycles. The summed E-state index contributed by atoms with van der Waals surface area (Å²) in [7, 11) is 0. The van der Waals surface area contributed by atoms with E-state index in [1.165, 1.54) is 167 Å². The average molecular weight is 1240 g/mol. The van der Waals surface area contributed by atoms with Crippen LogP contribution in [0.25, 0.3) is 66.1 Å². The van der Waals surface area contributed by atoms with Gasteiger partial charge in [0, 0.05) is 55.5 Å². The molecule has 4 aliphatic carbocycles. The minimum atomic E-state index is -0.251. The van der Waals surface area contributed by atoms with Crippen molar-refractivity contribution in [2.24, 2.45) is 0 Å². The molecule has 0 radical (unpaired) electrons. The molecule has 0 unspecified atom stereocenters. The van der Waals surface area contributed by atoms with Gasteiger partial charge in [0.1, 0.15) is 0 Å². The van der Waals surface area contributed by atoms with Crippen molar-refractivity contribution in [2.75, 3.05) is 9.80 Å². The maximum Gasteiger partial charge on any atom is 0.0543 e. The Bertz CT molecular complexity index is 5230. The predicted octanol–water partition coefficient (Wildman–Crippen LogP) is 25.6. The molecular formula is C93H90N2. The van der Waals surface area contributed by atoms with Crippen LogP contribution in [0.15, 0.2) is 224 Å². The number of nitrogens with zero attached hydrogens (tertiary/aromatic N) is 2. The Balaban J connectivity index is 0.733. The Hall–Kier alpha value is -9.24. The lowest BCUT2D eigenvalue weighted by Crippen LogP contribution is -2.22. The Morgan fingerprint density at radius 2 is 0.726 bits per heavy atom. The third-order valence-corrected chi connectivity index (χ3v) is 23.1. The first kappa shape index (κ1) is 60.7. The Morgan fingerprint density at radius 1 is 0.295 bits per heavy atom. The highest BCUT2D eigenvalue weighted by Gasteiger charge is 2.42. The second-order valence-corrected chi connectivity index (χ2v) is 33.3. The third-order valence-electron chi connectivity index (χ3n) is 23.1. The van der Waals surface area contributed by atoms with E-state index >= 15 is 0 Å². The van der Waals surface area contributed by atoms with Crippen LogP contribution in [0.1, 0.15) is 183 Å². The molecule has 0 amide bonds. The molecule has 2 nitrogen and oxygen atoms in total. The van der Waals surface area contributed by atoms with Gasteiger partial charge in [0.15, 0.2) is 0 Å². The maximum atomic E-state index is 2.57. The van der Waals surface area contributed by atoms with Gasteiger partial charge in [-0.25, -0.2) is 0 Å². The SMILES string of the molecule is Cc1ccc2ccc(N(c3ccc4c(c3)C(C)(C)c3ccc(CC(C)(C)c5ccc6c(c5)C(C)(C)c5cc(N(c7ccc8c(c7)C(C)(C)c7ccccc7-8)c7cccc8cccc(C(C)(C)C)c78)ccc5-6)cc3-4)c3ccc4c(c3)C(C)(C)c3cc(C(C)(C)C)ccc3-4)cc2c1. The molecule has 12 aromatic carbocycles. The molecule has 0 heterocycles. The van der Waals surface area contributed by atoms with Crippen molar-refractivity contribution in [1.82, 2.24) is 0 Å². The van der Waals surface area contributed by atoms with Crippen molar-refractivity contribution >= 4 is 55.7 Å². The highest BCUT2D eigenvalue weighted by atomic mass is 15.1. The molecule has 0 N–H and O–H groups in total. The molecule has 0 atom stereocenters. The summed E-state index contributed by atoms with van der Waals surface area (Å²) in [5, 5.41) is 5.06. The highest BCUT2D eigenvalue weighted by molar-refractivity contribution is 6.03. The van der Waals surface area contributed by atoms with E-state index in [4.69, 9.17) is 0 Å². The summed E-state index contributed by atoms with van der Waals surface area (Å²) in [5.74, 6) is 0. The summed E-state index contributed by atoms with van der Waals surface area (Å²) < 4.78 is 0. The molecule has 16 rings (SSSR count). The number of aryl methyl sites for hydroxylation is 1. The molecule has 0 bridgehead atoms. The number of hydrogen-bond donors (Lipinski definition) is 0. The van der Waals surface area contributed by atoms with Gasteiger partial charge in [0.2, 0.25) is 0 Å². The lowest BCUT2D eigenvalue weighted by molar-refractivity contribution is 0.520. The topological polar surface area (TPSA) is 6.48 Å². The second-order valence-electron chi connectivity index (χ2n) is 33.3. The second kappa shape index (κ2) is 20.6. The van der Waals surface area contributed by atoms with Crippen LogP contribution in [0.3, 0.4) is 0 Å². The van der Waals surface area contributed by atoms with Crippen molar-refractivity contribution in [3.8, 4) is 44.5 Å². The van der Waals surface area contributed by atoms with Gasteiger partial charge in [0.25, 0.3) is 0 Å². The average Bonchev–Trinajstić information content (AvgIpc) is 1.61. The summed E-state index contributed by atoms with van der Waals surface area (Å²) in [5.41, 5.74) is 34.7. The van der Waals surface area contributed by atoms with Gasteiger partial charge in [0.05, 0.1) is 5.69 Å². The van der Waals surface area contributed by atoms with E-state index in [2.05, 4.69) is 352 Å². The van der Waals surface area contributed by atoms with E-state index < -0.39 is 0 Å². The molecule has 4 aliphatic rings. The van der Waals surface area contributed by atoms with Crippen LogP contribution >= 0.6 is 0 Å². The first-order valence-electron chi connectivity index (χ1n) is 34.8. The summed E-state index contributed by atoms with van der Waals surface area (Å²) in [6, 6.07) is 87.7. The van der Waals surface area contributed by atoms with Crippen LogP contribution in [-0.2, 0) is 44.3 Å². The molecule has 0 spiro atoms. The van der Waals surface area contributed by atoms with Crippen molar-refractivity contribution in [3.63, 3.8) is 0 Å². The van der Waals surface area contributed by atoms with E-state index in [0.29, 0.717) is 0 Å². The van der Waals surface area contributed by atoms with Crippen LogP contribution in [0.2, 0.25) is 0 Å². The van der Waals surface area contributed by atoms with Gasteiger partial charge in [-0.05, 0) is 224 Å². The molecule has 95 heavy (non-hydrogen) atoms. The van der Waals surface area contributed by atoms with E-state index in [-0.39, 0.29) is 37.9 Å². The fourth-order valence-electron chi connectivity index (χ4n) is 17.6. The van der Waals surface area contributed by atoms with Crippen molar-refractivity contribution < 1.29 is 0 Å². The molecule has 0 saturated carbocycles. The molecule has 2 heteroatoms. The zero-order valence-electron chi connectivity index (χ0n) is 59.0. The fourth-order valence-corrected chi connectivity index (χ4v) is 17.6. The molecule has 0 saturated heterocycles. The van der Waals surface area contributed by atoms with Gasteiger partial charge in [-0.15, -0.1) is 0 Å². The summed E-state index contributed by atoms with van der Waals surface area (Å²) in [6.45, 7) is 40.5. The number of hydrogen-bond acceptors (Lipinski definition) is 2. The number of fused-ring (bicyclic) bond motifs is 14. The van der Waals surface area contributed by atoms with Crippen LogP contribution in [0, 0.1) is 6.92 Å². The quantitative estimate of drug-likeness (QED) is 0.142. The fraction of sp³-hybridized carbons (Fsp3) is 0.269. The standard InChI is InChI=1S/C93H90N2/c1-56-28-30-58-31-34-63(48-60(58)46-56)94(64-35-41-72-69-39-32-61(87(2,3)4)49-79(69)92(14,15)82(72)51-64)65-36-44-74-75-47-57(29-45-77(75)91(12,13)84(74)52-65)55-89(8,9)62-33-40-70-73-43-38-67(54-83(73)93(16,17)80(70)50-62)95(85-27-21-23-59-22-20-26-78(86(59)85)88(5,6)7)66-37-42-71-68-24-18-19-25-76(68)90(10,11)81(71)53-66/h18-54H,55H2,1-17H3. The van der Waals surface area contributed by atoms with E-state index in [1.54, 1.807) is 0 Å². The zero-order valence-corrected chi connectivity index (χ0v) is 59.0.